The van der Waals surface area contributed by atoms with Crippen molar-refractivity contribution in [1.29, 1.82) is 0 Å². The first kappa shape index (κ1) is 14.3. The zero-order chi connectivity index (χ0) is 11.4. The lowest BCUT2D eigenvalue weighted by Gasteiger charge is -2.19. The van der Waals surface area contributed by atoms with Crippen LogP contribution in [0.3, 0.4) is 0 Å². The van der Waals surface area contributed by atoms with Crippen LogP contribution in [0.5, 0.6) is 0 Å². The molecule has 0 heterocycles. The van der Waals surface area contributed by atoms with Gasteiger partial charge < -0.3 is 24.9 Å². The fourth-order valence-electron chi connectivity index (χ4n) is 0.940. The molecule has 0 amide bonds. The Hall–Kier alpha value is 0.260. The quantitative estimate of drug-likeness (QED) is 0.321. The first-order valence-corrected chi connectivity index (χ1v) is 7.37. The van der Waals surface area contributed by atoms with Gasteiger partial charge in [0.1, 0.15) is 0 Å². The van der Waals surface area contributed by atoms with Crippen LogP contribution >= 0.6 is 15.2 Å². The summed E-state index contributed by atoms with van der Waals surface area (Å²) >= 11 is 0. The molecule has 7 nitrogen and oxygen atoms in total. The molecule has 0 aliphatic rings. The maximum Gasteiger partial charge on any atom is 0.340 e. The highest BCUT2D eigenvalue weighted by Gasteiger charge is 2.42. The van der Waals surface area contributed by atoms with Gasteiger partial charge in [0.2, 0.25) is 0 Å². The summed E-state index contributed by atoms with van der Waals surface area (Å²) in [6.07, 6.45) is -0.248. The molecule has 0 aromatic rings. The number of hydrogen-bond acceptors (Lipinski definition) is 3. The van der Waals surface area contributed by atoms with Crippen molar-refractivity contribution >= 4 is 15.2 Å². The van der Waals surface area contributed by atoms with Crippen molar-refractivity contribution < 1.29 is 28.7 Å². The second-order valence-electron chi connectivity index (χ2n) is 2.80. The number of hydrogen-bond donors (Lipinski definition) is 5. The predicted molar refractivity (Wildman–Crippen MR) is 51.0 cm³/mol. The van der Waals surface area contributed by atoms with E-state index in [4.69, 9.17) is 19.6 Å². The zero-order valence-corrected chi connectivity index (χ0v) is 9.49. The van der Waals surface area contributed by atoms with Crippen LogP contribution in [0.4, 0.5) is 0 Å². The summed E-state index contributed by atoms with van der Waals surface area (Å²) in [5.41, 5.74) is 0. The minimum absolute atomic E-state index is 0.164. The van der Waals surface area contributed by atoms with Crippen LogP contribution in [0.2, 0.25) is 0 Å². The molecule has 9 heteroatoms. The normalized spacial score (nSPS) is 13.6. The van der Waals surface area contributed by atoms with Gasteiger partial charge >= 0.3 is 15.2 Å². The van der Waals surface area contributed by atoms with E-state index in [9.17, 15) is 9.13 Å². The highest BCUT2D eigenvalue weighted by molar-refractivity contribution is 7.70. The van der Waals surface area contributed by atoms with Gasteiger partial charge in [-0.1, -0.05) is 6.92 Å². The van der Waals surface area contributed by atoms with E-state index in [1.165, 1.54) is 0 Å². The van der Waals surface area contributed by atoms with Crippen LogP contribution in [0.1, 0.15) is 13.3 Å². The standard InChI is InChI=1S/C5H15NO6P2/c1-2-6-4-3-5(13(7,8)9)14(10,11)12/h5-6H,2-4H2,1H3,(H2,7,8,9)(H2,10,11,12). The molecule has 86 valence electrons. The molecule has 0 aliphatic heterocycles. The van der Waals surface area contributed by atoms with E-state index in [0.29, 0.717) is 6.54 Å². The average molecular weight is 247 g/mol. The molecule has 0 bridgehead atoms. The summed E-state index contributed by atoms with van der Waals surface area (Å²) in [5, 5.41) is 0.842. The van der Waals surface area contributed by atoms with E-state index in [1.54, 1.807) is 6.92 Å². The van der Waals surface area contributed by atoms with Gasteiger partial charge in [-0.15, -0.1) is 0 Å². The van der Waals surface area contributed by atoms with Gasteiger partial charge in [-0.3, -0.25) is 9.13 Å². The fraction of sp³-hybridized carbons (Fsp3) is 1.00. The van der Waals surface area contributed by atoms with Crippen LogP contribution in [0.15, 0.2) is 0 Å². The van der Waals surface area contributed by atoms with E-state index in [0.717, 1.165) is 0 Å². The maximum atomic E-state index is 10.7. The lowest BCUT2D eigenvalue weighted by atomic mass is 10.5. The summed E-state index contributed by atoms with van der Waals surface area (Å²) in [7, 11) is -9.48. The fourth-order valence-corrected chi connectivity index (χ4v) is 3.44. The number of nitrogens with one attached hydrogen (secondary N) is 1. The van der Waals surface area contributed by atoms with Crippen LogP contribution in [-0.2, 0) is 9.13 Å². The Morgan fingerprint density at radius 3 is 1.86 bits per heavy atom. The lowest BCUT2D eigenvalue weighted by Crippen LogP contribution is -2.20. The molecular formula is C5H15NO6P2. The summed E-state index contributed by atoms with van der Waals surface area (Å²) in [6.45, 7) is 2.52. The molecule has 14 heavy (non-hydrogen) atoms. The van der Waals surface area contributed by atoms with Gasteiger partial charge in [-0.05, 0) is 19.5 Å². The van der Waals surface area contributed by atoms with Crippen LogP contribution in [-0.4, -0.2) is 38.1 Å². The predicted octanol–water partition coefficient (Wildman–Crippen LogP) is -0.333. The Labute approximate surface area is 81.9 Å². The van der Waals surface area contributed by atoms with Gasteiger partial charge in [0.05, 0.1) is 0 Å². The third-order valence-electron chi connectivity index (χ3n) is 1.61. The van der Waals surface area contributed by atoms with Crippen LogP contribution in [0.25, 0.3) is 0 Å². The lowest BCUT2D eigenvalue weighted by molar-refractivity contribution is 0.334. The smallest absolute Gasteiger partial charge is 0.324 e. The molecule has 0 aromatic heterocycles. The van der Waals surface area contributed by atoms with E-state index in [2.05, 4.69) is 5.32 Å². The molecule has 0 saturated carbocycles. The minimum atomic E-state index is -4.74. The molecule has 0 spiro atoms. The second kappa shape index (κ2) is 5.37. The summed E-state index contributed by atoms with van der Waals surface area (Å²) in [6, 6.07) is 0. The first-order chi connectivity index (χ1) is 6.19. The Morgan fingerprint density at radius 1 is 1.14 bits per heavy atom. The monoisotopic (exact) mass is 247 g/mol. The third-order valence-corrected chi connectivity index (χ3v) is 5.48. The van der Waals surface area contributed by atoms with Gasteiger partial charge in [-0.25, -0.2) is 0 Å². The van der Waals surface area contributed by atoms with Crippen LogP contribution in [0, 0.1) is 0 Å². The topological polar surface area (TPSA) is 127 Å². The van der Waals surface area contributed by atoms with Gasteiger partial charge in [0.25, 0.3) is 0 Å². The van der Waals surface area contributed by atoms with E-state index >= 15 is 0 Å². The van der Waals surface area contributed by atoms with Crippen molar-refractivity contribution in [2.75, 3.05) is 13.1 Å². The SMILES string of the molecule is CCNCCC(P(=O)(O)O)P(=O)(O)O. The third kappa shape index (κ3) is 5.22. The second-order valence-corrected chi connectivity index (χ2v) is 6.81. The van der Waals surface area contributed by atoms with Crippen molar-refractivity contribution in [2.24, 2.45) is 0 Å². The van der Waals surface area contributed by atoms with E-state index in [-0.39, 0.29) is 13.0 Å². The maximum absolute atomic E-state index is 10.7. The first-order valence-electron chi connectivity index (χ1n) is 4.00. The van der Waals surface area contributed by atoms with Gasteiger partial charge in [0.15, 0.2) is 5.40 Å². The Bertz CT molecular complexity index is 235. The molecule has 0 aromatic carbocycles. The van der Waals surface area contributed by atoms with Crippen molar-refractivity contribution in [3.63, 3.8) is 0 Å². The van der Waals surface area contributed by atoms with Gasteiger partial charge in [0, 0.05) is 0 Å². The van der Waals surface area contributed by atoms with E-state index < -0.39 is 20.6 Å². The molecule has 0 unspecified atom stereocenters. The van der Waals surface area contributed by atoms with Crippen LogP contribution < -0.4 is 5.32 Å². The van der Waals surface area contributed by atoms with Crippen molar-refractivity contribution in [3.05, 3.63) is 0 Å². The zero-order valence-electron chi connectivity index (χ0n) is 7.70. The summed E-state index contributed by atoms with van der Waals surface area (Å²) < 4.78 is 21.5. The Balaban J connectivity index is 4.45. The van der Waals surface area contributed by atoms with Crippen molar-refractivity contribution in [3.8, 4) is 0 Å². The van der Waals surface area contributed by atoms with Gasteiger partial charge in [-0.2, -0.15) is 0 Å². The average Bonchev–Trinajstić information content (AvgIpc) is 1.92. The molecule has 0 aliphatic carbocycles. The molecule has 0 fully saturated rings. The summed E-state index contributed by atoms with van der Waals surface area (Å²) in [5.74, 6) is 0. The number of rotatable bonds is 6. The Kier molecular flexibility index (Phi) is 5.47. The minimum Gasteiger partial charge on any atom is -0.324 e. The molecule has 0 radical (unpaired) electrons. The van der Waals surface area contributed by atoms with Crippen molar-refractivity contribution in [1.82, 2.24) is 5.32 Å². The van der Waals surface area contributed by atoms with Crippen molar-refractivity contribution in [2.45, 2.75) is 18.7 Å². The highest BCUT2D eigenvalue weighted by Crippen LogP contribution is 2.61. The molecule has 0 saturated heterocycles. The van der Waals surface area contributed by atoms with E-state index in [1.807, 2.05) is 0 Å². The highest BCUT2D eigenvalue weighted by atomic mass is 31.2. The molecule has 5 N–H and O–H groups in total. The molecule has 0 atom stereocenters. The Morgan fingerprint density at radius 2 is 1.57 bits per heavy atom. The summed E-state index contributed by atoms with van der Waals surface area (Å²) in [4.78, 5) is 34.8. The molecule has 0 rings (SSSR count). The largest absolute Gasteiger partial charge is 0.340 e. The molecular weight excluding hydrogens is 232 g/mol.